The number of aliphatic hydroxyl groups excluding tert-OH is 4. The number of nitrogens with two attached hydrogens (primary N) is 3. The molecule has 3 saturated carbocycles. The van der Waals surface area contributed by atoms with Gasteiger partial charge in [-0.15, -0.1) is 0 Å². The van der Waals surface area contributed by atoms with E-state index >= 15 is 0 Å². The van der Waals surface area contributed by atoms with Crippen LogP contribution in [0.3, 0.4) is 0 Å². The maximum Gasteiger partial charge on any atom is 0.340 e. The van der Waals surface area contributed by atoms with Crippen LogP contribution < -0.4 is 27.1 Å². The van der Waals surface area contributed by atoms with Gasteiger partial charge in [-0.05, 0) is 49.4 Å². The van der Waals surface area contributed by atoms with Gasteiger partial charge in [0, 0.05) is 62.8 Å². The number of imide groups is 1. The fourth-order valence-corrected chi connectivity index (χ4v) is 11.6. The fraction of sp³-hybridized carbons (Fsp3) is 0.805. The predicted molar refractivity (Wildman–Crippen MR) is 209 cm³/mol. The number of hydrogen-bond donors (Lipinski definition) is 10. The van der Waals surface area contributed by atoms with Gasteiger partial charge in [-0.1, -0.05) is 13.3 Å². The van der Waals surface area contributed by atoms with Crippen LogP contribution in [0, 0.1) is 53.3 Å². The van der Waals surface area contributed by atoms with Crippen molar-refractivity contribution in [3.05, 3.63) is 12.2 Å². The maximum absolute atomic E-state index is 14.9. The summed E-state index contributed by atoms with van der Waals surface area (Å²) >= 11 is 0. The molecule has 0 aromatic rings. The topological polar surface area (TPSA) is 312 Å². The van der Waals surface area contributed by atoms with Crippen molar-refractivity contribution in [1.82, 2.24) is 10.2 Å². The summed E-state index contributed by atoms with van der Waals surface area (Å²) in [4.78, 5) is 70.2. The van der Waals surface area contributed by atoms with Crippen LogP contribution in [0.25, 0.3) is 0 Å². The first-order valence-electron chi connectivity index (χ1n) is 21.5. The molecule has 13 N–H and O–H groups in total. The highest BCUT2D eigenvalue weighted by Gasteiger charge is 2.64. The molecule has 60 heavy (non-hydrogen) atoms. The maximum atomic E-state index is 14.9. The van der Waals surface area contributed by atoms with Gasteiger partial charge in [0.05, 0.1) is 56.9 Å². The summed E-state index contributed by atoms with van der Waals surface area (Å²) in [6, 6.07) is 0. The van der Waals surface area contributed by atoms with Crippen molar-refractivity contribution in [2.45, 2.75) is 113 Å². The van der Waals surface area contributed by atoms with Gasteiger partial charge >= 0.3 is 5.96 Å². The number of amides is 2. The Balaban J connectivity index is 1.27. The number of nitrogens with zero attached hydrogens (tertiary/aromatic N) is 1. The summed E-state index contributed by atoms with van der Waals surface area (Å²) in [6.45, 7) is 1.80. The van der Waals surface area contributed by atoms with Gasteiger partial charge < -0.3 is 49.9 Å². The van der Waals surface area contributed by atoms with Crippen LogP contribution >= 0.6 is 0 Å². The van der Waals surface area contributed by atoms with Crippen molar-refractivity contribution < 1.29 is 74.0 Å². The molecule has 2 amide bonds. The highest BCUT2D eigenvalue weighted by Crippen LogP contribution is 2.53. The lowest BCUT2D eigenvalue weighted by Crippen LogP contribution is -2.94. The average molecular weight is 851 g/mol. The number of nitrogens with one attached hydrogen (secondary N) is 2. The van der Waals surface area contributed by atoms with E-state index in [1.165, 1.54) is 7.11 Å². The minimum absolute atomic E-state index is 0.0902. The minimum Gasteiger partial charge on any atom is -0.394 e. The van der Waals surface area contributed by atoms with Crippen LogP contribution in [0.15, 0.2) is 12.2 Å². The largest absolute Gasteiger partial charge is 0.394 e. The quantitative estimate of drug-likeness (QED) is 0.0318. The van der Waals surface area contributed by atoms with Crippen molar-refractivity contribution in [3.63, 3.8) is 0 Å². The van der Waals surface area contributed by atoms with Crippen molar-refractivity contribution in [3.8, 4) is 0 Å². The van der Waals surface area contributed by atoms with Crippen LogP contribution in [0.4, 0.5) is 0 Å². The molecule has 0 bridgehead atoms. The summed E-state index contributed by atoms with van der Waals surface area (Å²) in [5.74, 6) is -7.28. The van der Waals surface area contributed by atoms with Gasteiger partial charge in [0.1, 0.15) is 47.9 Å². The summed E-state index contributed by atoms with van der Waals surface area (Å²) in [5.41, 5.74) is 9.94. The molecule has 336 valence electrons. The first-order valence-corrected chi connectivity index (χ1v) is 21.5. The molecule has 0 aromatic heterocycles. The van der Waals surface area contributed by atoms with E-state index in [4.69, 9.17) is 25.7 Å². The molecule has 5 fully saturated rings. The van der Waals surface area contributed by atoms with Crippen LogP contribution in [0.5, 0.6) is 0 Å². The molecule has 6 rings (SSSR count). The summed E-state index contributed by atoms with van der Waals surface area (Å²) in [6.07, 6.45) is -4.95. The van der Waals surface area contributed by atoms with E-state index in [2.05, 4.69) is 10.3 Å². The number of aliphatic hydroxyl groups is 5. The Kier molecular flexibility index (Phi) is 15.0. The number of rotatable bonds is 15. The number of aldehydes is 1. The predicted octanol–water partition coefficient (Wildman–Crippen LogP) is -5.62. The van der Waals surface area contributed by atoms with Gasteiger partial charge in [0.25, 0.3) is 11.8 Å². The van der Waals surface area contributed by atoms with Crippen molar-refractivity contribution in [2.75, 3.05) is 40.4 Å². The zero-order valence-corrected chi connectivity index (χ0v) is 34.7. The number of fused-ring (bicyclic) bond motifs is 2. The van der Waals surface area contributed by atoms with Crippen LogP contribution in [-0.4, -0.2) is 161 Å². The zero-order valence-electron chi connectivity index (χ0n) is 34.7. The molecular weight excluding hydrogens is 784 g/mol. The molecule has 19 heteroatoms. The van der Waals surface area contributed by atoms with Crippen molar-refractivity contribution in [2.24, 2.45) is 64.7 Å². The van der Waals surface area contributed by atoms with Gasteiger partial charge in [0.15, 0.2) is 6.29 Å². The second-order valence-corrected chi connectivity index (χ2v) is 17.8. The number of quaternary nitrogens is 1. The molecule has 3 heterocycles. The van der Waals surface area contributed by atoms with Crippen LogP contribution in [-0.2, 0) is 38.2 Å². The molecule has 19 nitrogen and oxygen atoms in total. The summed E-state index contributed by atoms with van der Waals surface area (Å²) in [5, 5.41) is 63.4. The molecule has 0 spiro atoms. The van der Waals surface area contributed by atoms with Crippen molar-refractivity contribution >= 4 is 35.6 Å². The Morgan fingerprint density at radius 2 is 1.78 bits per heavy atom. The fourth-order valence-electron chi connectivity index (χ4n) is 11.6. The number of piperidine rings is 1. The molecule has 0 radical (unpaired) electrons. The Labute approximate surface area is 349 Å². The van der Waals surface area contributed by atoms with Crippen molar-refractivity contribution in [1.29, 1.82) is 0 Å². The van der Waals surface area contributed by atoms with Gasteiger partial charge in [0.2, 0.25) is 0 Å². The molecule has 3 aliphatic heterocycles. The van der Waals surface area contributed by atoms with Crippen LogP contribution in [0.1, 0.15) is 58.3 Å². The highest BCUT2D eigenvalue weighted by atomic mass is 16.7. The Morgan fingerprint density at radius 1 is 1.07 bits per heavy atom. The number of carbonyl (C=O) groups excluding carboxylic acids is 5. The third-order valence-electron chi connectivity index (χ3n) is 14.8. The molecular formula is C41H66N6O13+2. The van der Waals surface area contributed by atoms with Gasteiger partial charge in [-0.25, -0.2) is 0 Å². The number of hydrogen-bond acceptors (Lipinski definition) is 14. The van der Waals surface area contributed by atoms with E-state index in [0.29, 0.717) is 32.2 Å². The Morgan fingerprint density at radius 3 is 2.40 bits per heavy atom. The highest BCUT2D eigenvalue weighted by molar-refractivity contribution is 6.12. The van der Waals surface area contributed by atoms with E-state index < -0.39 is 108 Å². The SMILES string of the molecule is CCC1C(OC)CC(OC2OC(CO)C(O)(CC(CN3C(=O)C=CC3=O)C3CC[NH2+]C(N)C3)C(O)C2O)C2C(=O)C3C(CC(CCC=O)C(CNC(N)=[NH+]C)C3O)C(=O)C12. The number of ketones is 2. The molecule has 18 atom stereocenters. The smallest absolute Gasteiger partial charge is 0.340 e. The lowest BCUT2D eigenvalue weighted by atomic mass is 9.51. The first kappa shape index (κ1) is 46.3. The lowest BCUT2D eigenvalue weighted by molar-refractivity contribution is -0.699. The normalized spacial score (nSPS) is 42.8. The second-order valence-electron chi connectivity index (χ2n) is 17.8. The standard InChI is InChI=1S/C41H64N6O13/c1-4-22-25(58-3)14-26(33-31(22)34(52)23-12-20(6-5-11-48)24(16-46-40(43)44-2)35(53)32(23)36(33)54)59-39-37(55)38(56)41(57,27(18-49)60-39)15-21(19-9-10-45-28(42)13-19)17-47-29(50)7-8-30(47)51/h7-8,11,19-28,31-33,35,37-39,45,49,53,55-57H,4-6,9-10,12-18,42H2,1-3H3,(H3,43,44,46)/p+2. The van der Waals surface area contributed by atoms with E-state index in [1.807, 2.05) is 12.2 Å². The molecule has 18 unspecified atom stereocenters. The minimum atomic E-state index is -2.30. The third kappa shape index (κ3) is 8.85. The lowest BCUT2D eigenvalue weighted by Gasteiger charge is -2.55. The number of methoxy groups -OCH3 is 1. The van der Waals surface area contributed by atoms with Gasteiger partial charge in [-0.2, -0.15) is 0 Å². The van der Waals surface area contributed by atoms with E-state index in [-0.39, 0.29) is 74.3 Å². The van der Waals surface area contributed by atoms with Gasteiger partial charge in [-0.3, -0.25) is 45.9 Å². The Bertz CT molecular complexity index is 1630. The average Bonchev–Trinajstić information content (AvgIpc) is 3.55. The number of Topliss-reactive ketones (excluding diaryl/α,β-unsaturated/α-hetero) is 2. The third-order valence-corrected chi connectivity index (χ3v) is 14.8. The van der Waals surface area contributed by atoms with Crippen LogP contribution in [0.2, 0.25) is 0 Å². The Hall–Kier alpha value is -3.24. The van der Waals surface area contributed by atoms with E-state index in [9.17, 15) is 49.5 Å². The molecule has 6 aliphatic rings. The number of carbonyl (C=O) groups is 5. The zero-order chi connectivity index (χ0) is 43.6. The number of guanidine groups is 1. The number of ether oxygens (including phenoxy) is 3. The second kappa shape index (κ2) is 19.4. The first-order chi connectivity index (χ1) is 28.6. The van der Waals surface area contributed by atoms with E-state index in [1.54, 1.807) is 7.05 Å². The van der Waals surface area contributed by atoms with E-state index in [0.717, 1.165) is 23.3 Å². The summed E-state index contributed by atoms with van der Waals surface area (Å²) < 4.78 is 18.5. The molecule has 3 aliphatic carbocycles. The summed E-state index contributed by atoms with van der Waals surface area (Å²) in [7, 11) is 3.13. The monoisotopic (exact) mass is 850 g/mol. The molecule has 2 saturated heterocycles. The molecule has 0 aromatic carbocycles.